The summed E-state index contributed by atoms with van der Waals surface area (Å²) in [6.07, 6.45) is 1.95. The molecule has 1 amide bonds. The number of benzene rings is 2. The molecular weight excluding hydrogens is 350 g/mol. The number of hydrogen-bond acceptors (Lipinski definition) is 3. The number of carbonyl (C=O) groups excluding carboxylic acids is 1. The molecule has 5 heteroatoms. The summed E-state index contributed by atoms with van der Waals surface area (Å²) in [4.78, 5) is 12.7. The van der Waals surface area contributed by atoms with Crippen molar-refractivity contribution >= 4 is 23.2 Å². The fourth-order valence-electron chi connectivity index (χ4n) is 2.57. The Hall–Kier alpha value is -2.20. The van der Waals surface area contributed by atoms with E-state index in [0.717, 1.165) is 29.7 Å². The predicted octanol–water partition coefficient (Wildman–Crippen LogP) is 5.79. The molecule has 26 heavy (non-hydrogen) atoms. The van der Waals surface area contributed by atoms with Crippen LogP contribution in [0.15, 0.2) is 30.3 Å². The fourth-order valence-corrected chi connectivity index (χ4v) is 2.83. The maximum absolute atomic E-state index is 12.7. The summed E-state index contributed by atoms with van der Waals surface area (Å²) in [6, 6.07) is 9.18. The molecule has 0 atom stereocenters. The Labute approximate surface area is 160 Å². The molecule has 0 saturated heterocycles. The zero-order valence-corrected chi connectivity index (χ0v) is 16.6. The van der Waals surface area contributed by atoms with E-state index >= 15 is 0 Å². The van der Waals surface area contributed by atoms with E-state index in [9.17, 15) is 4.79 Å². The number of aryl methyl sites for hydroxylation is 2. The van der Waals surface area contributed by atoms with Gasteiger partial charge >= 0.3 is 0 Å². The average Bonchev–Trinajstić information content (AvgIpc) is 2.59. The van der Waals surface area contributed by atoms with Crippen molar-refractivity contribution in [2.45, 2.75) is 40.5 Å². The zero-order valence-electron chi connectivity index (χ0n) is 15.8. The van der Waals surface area contributed by atoms with Crippen molar-refractivity contribution < 1.29 is 14.3 Å². The molecule has 0 fully saturated rings. The molecule has 2 rings (SSSR count). The van der Waals surface area contributed by atoms with Gasteiger partial charge in [0.1, 0.15) is 0 Å². The van der Waals surface area contributed by atoms with E-state index in [1.807, 2.05) is 39.0 Å². The van der Waals surface area contributed by atoms with Crippen molar-refractivity contribution in [3.05, 3.63) is 52.0 Å². The van der Waals surface area contributed by atoms with Gasteiger partial charge in [-0.1, -0.05) is 42.6 Å². The van der Waals surface area contributed by atoms with E-state index in [4.69, 9.17) is 21.1 Å². The third-order valence-electron chi connectivity index (χ3n) is 3.95. The Kier molecular flexibility index (Phi) is 7.34. The minimum atomic E-state index is -0.236. The molecule has 0 bridgehead atoms. The fraction of sp³-hybridized carbons (Fsp3) is 0.381. The number of ether oxygens (including phenoxy) is 2. The summed E-state index contributed by atoms with van der Waals surface area (Å²) >= 11 is 6.36. The van der Waals surface area contributed by atoms with Crippen LogP contribution in [0.5, 0.6) is 11.5 Å². The first-order chi connectivity index (χ1) is 12.5. The molecule has 0 aromatic heterocycles. The standard InChI is InChI=1S/C21H26ClNO3/c1-5-7-10-26-20-17(22)12-16(13-19(20)25-6-2)21(24)23-18-9-8-14(3)11-15(18)4/h8-9,11-13H,5-7,10H2,1-4H3,(H,23,24). The van der Waals surface area contributed by atoms with Crippen molar-refractivity contribution in [1.82, 2.24) is 0 Å². The van der Waals surface area contributed by atoms with Gasteiger partial charge in [-0.3, -0.25) is 4.79 Å². The number of halogens is 1. The van der Waals surface area contributed by atoms with Gasteiger partial charge in [-0.25, -0.2) is 0 Å². The molecule has 0 unspecified atom stereocenters. The topological polar surface area (TPSA) is 47.6 Å². The SMILES string of the molecule is CCCCOc1c(Cl)cc(C(=O)Nc2ccc(C)cc2C)cc1OCC. The largest absolute Gasteiger partial charge is 0.490 e. The third-order valence-corrected chi connectivity index (χ3v) is 4.23. The average molecular weight is 376 g/mol. The van der Waals surface area contributed by atoms with Crippen LogP contribution in [0.1, 0.15) is 48.2 Å². The maximum Gasteiger partial charge on any atom is 0.255 e. The molecule has 0 radical (unpaired) electrons. The molecule has 1 N–H and O–H groups in total. The van der Waals surface area contributed by atoms with Gasteiger partial charge in [-0.05, 0) is 51.0 Å². The van der Waals surface area contributed by atoms with Crippen LogP contribution in [0.25, 0.3) is 0 Å². The number of nitrogens with one attached hydrogen (secondary N) is 1. The molecule has 2 aromatic rings. The number of rotatable bonds is 8. The summed E-state index contributed by atoms with van der Waals surface area (Å²) in [5, 5.41) is 3.30. The van der Waals surface area contributed by atoms with Crippen LogP contribution >= 0.6 is 11.6 Å². The highest BCUT2D eigenvalue weighted by atomic mass is 35.5. The summed E-state index contributed by atoms with van der Waals surface area (Å²) in [5.41, 5.74) is 3.36. The minimum absolute atomic E-state index is 0.236. The number of carbonyl (C=O) groups is 1. The predicted molar refractivity (Wildman–Crippen MR) is 107 cm³/mol. The monoisotopic (exact) mass is 375 g/mol. The van der Waals surface area contributed by atoms with E-state index in [1.54, 1.807) is 12.1 Å². The Bertz CT molecular complexity index is 774. The first kappa shape index (κ1) is 20.1. The highest BCUT2D eigenvalue weighted by molar-refractivity contribution is 6.32. The Morgan fingerprint density at radius 3 is 2.54 bits per heavy atom. The van der Waals surface area contributed by atoms with Crippen LogP contribution in [0, 0.1) is 13.8 Å². The van der Waals surface area contributed by atoms with Crippen molar-refractivity contribution in [1.29, 1.82) is 0 Å². The molecule has 140 valence electrons. The van der Waals surface area contributed by atoms with Crippen LogP contribution in [-0.2, 0) is 0 Å². The minimum Gasteiger partial charge on any atom is -0.490 e. The normalized spacial score (nSPS) is 10.5. The van der Waals surface area contributed by atoms with Crippen molar-refractivity contribution in [3.8, 4) is 11.5 Å². The lowest BCUT2D eigenvalue weighted by Crippen LogP contribution is -2.13. The summed E-state index contributed by atoms with van der Waals surface area (Å²) in [5.74, 6) is 0.742. The molecule has 0 saturated carbocycles. The van der Waals surface area contributed by atoms with Crippen LogP contribution < -0.4 is 14.8 Å². The Morgan fingerprint density at radius 2 is 1.88 bits per heavy atom. The van der Waals surface area contributed by atoms with Crippen molar-refractivity contribution in [3.63, 3.8) is 0 Å². The maximum atomic E-state index is 12.7. The number of amides is 1. The van der Waals surface area contributed by atoms with E-state index in [-0.39, 0.29) is 5.91 Å². The van der Waals surface area contributed by atoms with Gasteiger partial charge in [-0.2, -0.15) is 0 Å². The highest BCUT2D eigenvalue weighted by Gasteiger charge is 2.17. The summed E-state index contributed by atoms with van der Waals surface area (Å²) < 4.78 is 11.4. The van der Waals surface area contributed by atoms with Gasteiger partial charge in [0.2, 0.25) is 0 Å². The Morgan fingerprint density at radius 1 is 1.12 bits per heavy atom. The quantitative estimate of drug-likeness (QED) is 0.594. The second kappa shape index (κ2) is 9.48. The van der Waals surface area contributed by atoms with Crippen molar-refractivity contribution in [2.24, 2.45) is 0 Å². The van der Waals surface area contributed by atoms with Crippen LogP contribution in [-0.4, -0.2) is 19.1 Å². The molecule has 2 aromatic carbocycles. The molecule has 0 spiro atoms. The number of unbranched alkanes of at least 4 members (excludes halogenated alkanes) is 1. The van der Waals surface area contributed by atoms with Crippen molar-refractivity contribution in [2.75, 3.05) is 18.5 Å². The first-order valence-electron chi connectivity index (χ1n) is 8.94. The second-order valence-corrected chi connectivity index (χ2v) is 6.60. The lowest BCUT2D eigenvalue weighted by molar-refractivity contribution is 0.102. The highest BCUT2D eigenvalue weighted by Crippen LogP contribution is 2.37. The van der Waals surface area contributed by atoms with Gasteiger partial charge in [0.05, 0.1) is 18.2 Å². The van der Waals surface area contributed by atoms with E-state index in [2.05, 4.69) is 12.2 Å². The van der Waals surface area contributed by atoms with Crippen LogP contribution in [0.4, 0.5) is 5.69 Å². The van der Waals surface area contributed by atoms with E-state index in [0.29, 0.717) is 35.3 Å². The van der Waals surface area contributed by atoms with E-state index in [1.165, 1.54) is 0 Å². The van der Waals surface area contributed by atoms with Gasteiger partial charge in [-0.15, -0.1) is 0 Å². The van der Waals surface area contributed by atoms with Crippen LogP contribution in [0.2, 0.25) is 5.02 Å². The van der Waals surface area contributed by atoms with Gasteiger partial charge in [0.15, 0.2) is 11.5 Å². The number of hydrogen-bond donors (Lipinski definition) is 1. The van der Waals surface area contributed by atoms with Gasteiger partial charge < -0.3 is 14.8 Å². The summed E-state index contributed by atoms with van der Waals surface area (Å²) in [7, 11) is 0. The molecule has 0 aliphatic rings. The molecule has 0 aliphatic carbocycles. The number of anilines is 1. The van der Waals surface area contributed by atoms with Crippen LogP contribution in [0.3, 0.4) is 0 Å². The molecule has 4 nitrogen and oxygen atoms in total. The molecular formula is C21H26ClNO3. The van der Waals surface area contributed by atoms with Gasteiger partial charge in [0, 0.05) is 11.3 Å². The lowest BCUT2D eigenvalue weighted by atomic mass is 10.1. The Balaban J connectivity index is 2.26. The smallest absolute Gasteiger partial charge is 0.255 e. The second-order valence-electron chi connectivity index (χ2n) is 6.19. The lowest BCUT2D eigenvalue weighted by Gasteiger charge is -2.15. The van der Waals surface area contributed by atoms with Gasteiger partial charge in [0.25, 0.3) is 5.91 Å². The van der Waals surface area contributed by atoms with E-state index < -0.39 is 0 Å². The third kappa shape index (κ3) is 5.15. The summed E-state index contributed by atoms with van der Waals surface area (Å²) in [6.45, 7) is 8.98. The first-order valence-corrected chi connectivity index (χ1v) is 9.31. The molecule has 0 aliphatic heterocycles. The zero-order chi connectivity index (χ0) is 19.1. The molecule has 0 heterocycles.